The van der Waals surface area contributed by atoms with Gasteiger partial charge in [-0.2, -0.15) is 0 Å². The number of anilines is 1. The third kappa shape index (κ3) is 6.70. The van der Waals surface area contributed by atoms with E-state index in [1.165, 1.54) is 6.07 Å². The number of thiophene rings is 1. The quantitative estimate of drug-likeness (QED) is 0.112. The van der Waals surface area contributed by atoms with Crippen molar-refractivity contribution in [1.29, 1.82) is 0 Å². The van der Waals surface area contributed by atoms with E-state index in [-0.39, 0.29) is 43.4 Å². The van der Waals surface area contributed by atoms with Gasteiger partial charge in [0.05, 0.1) is 23.3 Å². The van der Waals surface area contributed by atoms with Crippen LogP contribution in [0.25, 0.3) is 5.00 Å². The number of aromatic nitrogens is 3. The second kappa shape index (κ2) is 14.4. The van der Waals surface area contributed by atoms with Gasteiger partial charge in [0.2, 0.25) is 23.6 Å². The van der Waals surface area contributed by atoms with Gasteiger partial charge in [0.25, 0.3) is 11.8 Å². The number of nitrogens with one attached hydrogen (secondary N) is 4. The molecular weight excluding hydrogens is 722 g/mol. The Hall–Kier alpha value is -5.74. The van der Waals surface area contributed by atoms with Crippen molar-refractivity contribution in [2.45, 2.75) is 65.0 Å². The highest BCUT2D eigenvalue weighted by molar-refractivity contribution is 7.15. The van der Waals surface area contributed by atoms with Gasteiger partial charge in [-0.15, -0.1) is 21.5 Å². The lowest BCUT2D eigenvalue weighted by molar-refractivity contribution is -0.136. The van der Waals surface area contributed by atoms with E-state index in [1.54, 1.807) is 35.6 Å². The first-order chi connectivity index (χ1) is 25.4. The average molecular weight is 756 g/mol. The number of amides is 6. The third-order valence-corrected chi connectivity index (χ3v) is 10.9. The second-order valence-corrected chi connectivity index (χ2v) is 14.6. The molecule has 0 bridgehead atoms. The number of hydrogen-bond acceptors (Lipinski definition) is 11. The minimum Gasteiger partial charge on any atom is -0.384 e. The van der Waals surface area contributed by atoms with Gasteiger partial charge in [0, 0.05) is 46.1 Å². The number of halogens is 1. The summed E-state index contributed by atoms with van der Waals surface area (Å²) in [7, 11) is 0. The van der Waals surface area contributed by atoms with Crippen LogP contribution in [0.15, 0.2) is 47.5 Å². The number of aliphatic imine (C=N–C) groups is 1. The fraction of sp³-hybridized carbons (Fsp3) is 0.306. The van der Waals surface area contributed by atoms with Crippen LogP contribution in [0.3, 0.4) is 0 Å². The highest BCUT2D eigenvalue weighted by Gasteiger charge is 2.45. The number of piperidine rings is 1. The lowest BCUT2D eigenvalue weighted by Crippen LogP contribution is -2.54. The maximum atomic E-state index is 13.3. The zero-order valence-electron chi connectivity index (χ0n) is 28.9. The summed E-state index contributed by atoms with van der Waals surface area (Å²) < 4.78 is 1.94. The molecule has 4 N–H and O–H groups in total. The second-order valence-electron chi connectivity index (χ2n) is 12.9. The van der Waals surface area contributed by atoms with Crippen molar-refractivity contribution in [2.75, 3.05) is 11.9 Å². The maximum absolute atomic E-state index is 13.3. The van der Waals surface area contributed by atoms with Crippen molar-refractivity contribution in [3.05, 3.63) is 91.8 Å². The zero-order chi connectivity index (χ0) is 37.6. The Morgan fingerprint density at radius 3 is 2.47 bits per heavy atom. The highest BCUT2D eigenvalue weighted by atomic mass is 35.5. The Morgan fingerprint density at radius 2 is 1.72 bits per heavy atom. The monoisotopic (exact) mass is 755 g/mol. The number of nitrogens with zero attached hydrogens (tertiary/aromatic N) is 5. The van der Waals surface area contributed by atoms with E-state index < -0.39 is 47.5 Å². The number of carbonyl (C=O) groups excluding carboxylic acids is 6. The number of benzene rings is 2. The molecule has 2 aromatic carbocycles. The Morgan fingerprint density at radius 1 is 0.962 bits per heavy atom. The highest BCUT2D eigenvalue weighted by Crippen LogP contribution is 2.39. The van der Waals surface area contributed by atoms with E-state index in [9.17, 15) is 28.8 Å². The lowest BCUT2D eigenvalue weighted by Gasteiger charge is -2.27. The van der Waals surface area contributed by atoms with Gasteiger partial charge in [-0.25, -0.2) is 0 Å². The smallest absolute Gasteiger partial charge is 0.264 e. The molecular formula is C36H34ClN9O6S. The molecule has 7 rings (SSSR count). The van der Waals surface area contributed by atoms with Crippen molar-refractivity contribution in [3.8, 4) is 5.00 Å². The van der Waals surface area contributed by atoms with Gasteiger partial charge in [0.15, 0.2) is 5.82 Å². The van der Waals surface area contributed by atoms with Crippen LogP contribution in [0, 0.1) is 20.8 Å². The van der Waals surface area contributed by atoms with Crippen molar-refractivity contribution in [1.82, 2.24) is 35.8 Å². The summed E-state index contributed by atoms with van der Waals surface area (Å²) in [4.78, 5) is 83.5. The van der Waals surface area contributed by atoms with Crippen molar-refractivity contribution >= 4 is 69.8 Å². The van der Waals surface area contributed by atoms with Crippen LogP contribution in [0.4, 0.5) is 5.69 Å². The molecule has 0 saturated carbocycles. The van der Waals surface area contributed by atoms with Crippen molar-refractivity contribution < 1.29 is 28.8 Å². The maximum Gasteiger partial charge on any atom is 0.264 e. The van der Waals surface area contributed by atoms with E-state index in [0.29, 0.717) is 34.5 Å². The molecule has 4 aromatic rings. The summed E-state index contributed by atoms with van der Waals surface area (Å²) in [5, 5.41) is 15.5. The number of hydrazine groups is 1. The molecule has 0 radical (unpaired) electrons. The van der Waals surface area contributed by atoms with Crippen LogP contribution in [0.5, 0.6) is 0 Å². The number of carbonyl (C=O) groups is 6. The van der Waals surface area contributed by atoms with Gasteiger partial charge in [-0.05, 0) is 63.4 Å². The van der Waals surface area contributed by atoms with E-state index in [2.05, 4.69) is 31.7 Å². The fourth-order valence-electron chi connectivity index (χ4n) is 6.70. The lowest BCUT2D eigenvalue weighted by atomic mass is 9.99. The van der Waals surface area contributed by atoms with Gasteiger partial charge >= 0.3 is 0 Å². The van der Waals surface area contributed by atoms with E-state index in [0.717, 1.165) is 31.5 Å². The molecule has 17 heteroatoms. The third-order valence-electron chi connectivity index (χ3n) is 9.44. The van der Waals surface area contributed by atoms with Crippen LogP contribution in [0.1, 0.15) is 92.1 Å². The van der Waals surface area contributed by atoms with Gasteiger partial charge < -0.3 is 5.32 Å². The summed E-state index contributed by atoms with van der Waals surface area (Å²) in [6, 6.07) is 10.3. The van der Waals surface area contributed by atoms with Crippen LogP contribution < -0.4 is 21.5 Å². The molecule has 15 nitrogen and oxygen atoms in total. The number of rotatable bonds is 9. The summed E-state index contributed by atoms with van der Waals surface area (Å²) in [5.41, 5.74) is 9.16. The van der Waals surface area contributed by atoms with Gasteiger partial charge in [-0.1, -0.05) is 29.8 Å². The Balaban J connectivity index is 0.970. The molecule has 1 unspecified atom stereocenters. The average Bonchev–Trinajstić information content (AvgIpc) is 3.71. The molecule has 1 saturated heterocycles. The molecule has 0 spiro atoms. The molecule has 3 aliphatic heterocycles. The minimum atomic E-state index is -1.07. The Kier molecular flexibility index (Phi) is 9.65. The van der Waals surface area contributed by atoms with Gasteiger partial charge in [0.1, 0.15) is 22.9 Å². The summed E-state index contributed by atoms with van der Waals surface area (Å²) >= 11 is 7.80. The molecule has 2 atom stereocenters. The van der Waals surface area contributed by atoms with E-state index >= 15 is 0 Å². The van der Waals surface area contributed by atoms with Crippen LogP contribution in [-0.4, -0.2) is 73.4 Å². The standard InChI is InChI=1S/C36H34ClN9O6S/c1-17-18(2)53-36-29(17)31(20-9-11-21(37)12-10-20)39-24(32-44-41-19(3)45(32)36)16-28(49)43-42-27(48)8-5-15-38-23-7-4-6-22-30(23)35(52)46(34(22)51)25-13-14-26(47)40-33(25)50/h4,6-7,9-12,24-25,38H,5,8,13-16H2,1-3H3,(H,42,48)(H,43,49)(H,40,47,50)/t24-,25?/m0/s1. The Bertz CT molecular complexity index is 2250. The summed E-state index contributed by atoms with van der Waals surface area (Å²) in [5.74, 6) is -2.12. The molecule has 3 aliphatic rings. The van der Waals surface area contributed by atoms with Crippen LogP contribution >= 0.6 is 22.9 Å². The molecule has 53 heavy (non-hydrogen) atoms. The fourth-order valence-corrected chi connectivity index (χ4v) is 8.04. The number of imide groups is 2. The topological polar surface area (TPSA) is 197 Å². The SMILES string of the molecule is Cc1sc2c(c1C)C(c1ccc(Cl)cc1)=N[C@@H](CC(=O)NNC(=O)CCCNc1cccc3c1C(=O)N(C1CCC(=O)NC1=O)C3=O)c1nnc(C)n1-2. The molecule has 0 aliphatic carbocycles. The largest absolute Gasteiger partial charge is 0.384 e. The Labute approximate surface area is 312 Å². The van der Waals surface area contributed by atoms with Crippen molar-refractivity contribution in [2.24, 2.45) is 4.99 Å². The number of aryl methyl sites for hydroxylation is 2. The normalized spacial score (nSPS) is 17.7. The number of fused-ring (bicyclic) bond motifs is 4. The first-order valence-corrected chi connectivity index (χ1v) is 18.1. The number of hydrogen-bond donors (Lipinski definition) is 4. The predicted molar refractivity (Wildman–Crippen MR) is 195 cm³/mol. The van der Waals surface area contributed by atoms with Gasteiger partial charge in [-0.3, -0.25) is 59.4 Å². The molecule has 1 fully saturated rings. The first kappa shape index (κ1) is 35.7. The molecule has 272 valence electrons. The van der Waals surface area contributed by atoms with Crippen LogP contribution in [-0.2, 0) is 19.2 Å². The summed E-state index contributed by atoms with van der Waals surface area (Å²) in [6.45, 7) is 6.20. The predicted octanol–water partition coefficient (Wildman–Crippen LogP) is 3.63. The summed E-state index contributed by atoms with van der Waals surface area (Å²) in [6.07, 6.45) is 0.318. The molecule has 2 aromatic heterocycles. The zero-order valence-corrected chi connectivity index (χ0v) is 30.5. The van der Waals surface area contributed by atoms with E-state index in [4.69, 9.17) is 16.6 Å². The molecule has 5 heterocycles. The minimum absolute atomic E-state index is 0.0233. The molecule has 6 amide bonds. The van der Waals surface area contributed by atoms with Crippen LogP contribution in [0.2, 0.25) is 5.02 Å². The van der Waals surface area contributed by atoms with E-state index in [1.807, 2.05) is 37.5 Å². The van der Waals surface area contributed by atoms with Crippen molar-refractivity contribution in [3.63, 3.8) is 0 Å². The first-order valence-electron chi connectivity index (χ1n) is 17.0.